The molecule has 8 heteroatoms. The zero-order valence-electron chi connectivity index (χ0n) is 17.0. The highest BCUT2D eigenvalue weighted by molar-refractivity contribution is 9.10. The van der Waals surface area contributed by atoms with Crippen LogP contribution in [0.5, 0.6) is 11.5 Å². The van der Waals surface area contributed by atoms with Crippen LogP contribution in [-0.2, 0) is 11.4 Å². The summed E-state index contributed by atoms with van der Waals surface area (Å²) in [6.07, 6.45) is 1.82. The van der Waals surface area contributed by atoms with E-state index in [0.717, 1.165) is 27.0 Å². The lowest BCUT2D eigenvalue weighted by molar-refractivity contribution is -0.115. The third-order valence-electron chi connectivity index (χ3n) is 4.52. The Labute approximate surface area is 203 Å². The SMILES string of the molecule is COc1ccc(N=C2NC(=O)/C(=C/c3ccc(OCc4ccc(Cl)cc4)c(Br)c3)S2)cc1. The standard InChI is InChI=1S/C24H18BrClN2O3S/c1-30-19-9-7-18(8-10-19)27-24-28-23(29)22(32-24)13-16-4-11-21(20(25)12-16)31-14-15-2-5-17(26)6-3-15/h2-13H,14H2,1H3,(H,27,28,29)/b22-13-. The van der Waals surface area contributed by atoms with E-state index in [1.807, 2.05) is 72.8 Å². The van der Waals surface area contributed by atoms with Gasteiger partial charge in [-0.1, -0.05) is 29.8 Å². The molecular formula is C24H18BrClN2O3S. The number of methoxy groups -OCH3 is 1. The van der Waals surface area contributed by atoms with Crippen molar-refractivity contribution in [1.29, 1.82) is 0 Å². The molecule has 0 unspecified atom stereocenters. The predicted molar refractivity (Wildman–Crippen MR) is 134 cm³/mol. The summed E-state index contributed by atoms with van der Waals surface area (Å²) in [6.45, 7) is 0.430. The first-order chi connectivity index (χ1) is 15.5. The van der Waals surface area contributed by atoms with Crippen molar-refractivity contribution in [2.75, 3.05) is 7.11 Å². The Kier molecular flexibility index (Phi) is 7.19. The zero-order chi connectivity index (χ0) is 22.5. The maximum atomic E-state index is 12.4. The van der Waals surface area contributed by atoms with Gasteiger partial charge in [0.05, 0.1) is 22.2 Å². The molecule has 1 N–H and O–H groups in total. The Balaban J connectivity index is 1.43. The van der Waals surface area contributed by atoms with E-state index in [1.165, 1.54) is 11.8 Å². The number of carbonyl (C=O) groups is 1. The summed E-state index contributed by atoms with van der Waals surface area (Å²) in [5.41, 5.74) is 2.63. The number of carbonyl (C=O) groups excluding carboxylic acids is 1. The first kappa shape index (κ1) is 22.5. The quantitative estimate of drug-likeness (QED) is 0.366. The van der Waals surface area contributed by atoms with Crippen molar-refractivity contribution in [1.82, 2.24) is 5.32 Å². The number of nitrogens with zero attached hydrogens (tertiary/aromatic N) is 1. The highest BCUT2D eigenvalue weighted by Gasteiger charge is 2.23. The number of nitrogens with one attached hydrogen (secondary N) is 1. The van der Waals surface area contributed by atoms with Crippen LogP contribution in [0, 0.1) is 0 Å². The number of hydrogen-bond acceptors (Lipinski definition) is 5. The van der Waals surface area contributed by atoms with Crippen molar-refractivity contribution >= 4 is 62.1 Å². The molecule has 1 saturated heterocycles. The second-order valence-corrected chi connectivity index (χ2v) is 9.11. The van der Waals surface area contributed by atoms with Crippen molar-refractivity contribution in [3.63, 3.8) is 0 Å². The molecule has 0 atom stereocenters. The smallest absolute Gasteiger partial charge is 0.264 e. The number of rotatable bonds is 6. The molecular weight excluding hydrogens is 512 g/mol. The van der Waals surface area contributed by atoms with Crippen LogP contribution in [0.25, 0.3) is 6.08 Å². The molecule has 4 rings (SSSR count). The van der Waals surface area contributed by atoms with Gasteiger partial charge in [0.1, 0.15) is 18.1 Å². The van der Waals surface area contributed by atoms with Crippen LogP contribution in [0.2, 0.25) is 5.02 Å². The summed E-state index contributed by atoms with van der Waals surface area (Å²) in [6, 6.07) is 20.5. The van der Waals surface area contributed by atoms with Gasteiger partial charge in [0.25, 0.3) is 5.91 Å². The van der Waals surface area contributed by atoms with Crippen LogP contribution in [0.15, 0.2) is 81.1 Å². The molecule has 32 heavy (non-hydrogen) atoms. The summed E-state index contributed by atoms with van der Waals surface area (Å²) >= 11 is 10.8. The largest absolute Gasteiger partial charge is 0.497 e. The molecule has 5 nitrogen and oxygen atoms in total. The van der Waals surface area contributed by atoms with Gasteiger partial charge in [0.15, 0.2) is 5.17 Å². The number of amidine groups is 1. The second-order valence-electron chi connectivity index (χ2n) is 6.78. The van der Waals surface area contributed by atoms with Gasteiger partial charge in [-0.05, 0) is 93.4 Å². The minimum Gasteiger partial charge on any atom is -0.497 e. The van der Waals surface area contributed by atoms with Crippen molar-refractivity contribution in [3.05, 3.63) is 92.3 Å². The molecule has 162 valence electrons. The molecule has 1 aliphatic heterocycles. The first-order valence-electron chi connectivity index (χ1n) is 9.60. The van der Waals surface area contributed by atoms with E-state index in [0.29, 0.717) is 27.5 Å². The van der Waals surface area contributed by atoms with E-state index in [4.69, 9.17) is 21.1 Å². The number of aliphatic imine (C=N–C) groups is 1. The van der Waals surface area contributed by atoms with Gasteiger partial charge in [-0.3, -0.25) is 4.79 Å². The molecule has 3 aromatic rings. The van der Waals surface area contributed by atoms with Gasteiger partial charge in [0.2, 0.25) is 0 Å². The molecule has 0 aromatic heterocycles. The number of hydrogen-bond donors (Lipinski definition) is 1. The van der Waals surface area contributed by atoms with Gasteiger partial charge < -0.3 is 14.8 Å². The number of thioether (sulfide) groups is 1. The van der Waals surface area contributed by atoms with Crippen LogP contribution in [0.4, 0.5) is 5.69 Å². The Morgan fingerprint density at radius 2 is 1.84 bits per heavy atom. The van der Waals surface area contributed by atoms with E-state index in [9.17, 15) is 4.79 Å². The molecule has 0 saturated carbocycles. The minimum absolute atomic E-state index is 0.179. The fourth-order valence-corrected chi connectivity index (χ4v) is 4.35. The number of amides is 1. The molecule has 1 amide bonds. The molecule has 1 fully saturated rings. The maximum Gasteiger partial charge on any atom is 0.264 e. The van der Waals surface area contributed by atoms with Gasteiger partial charge >= 0.3 is 0 Å². The summed E-state index contributed by atoms with van der Waals surface area (Å²) in [5.74, 6) is 1.29. The second kappa shape index (κ2) is 10.3. The fraction of sp³-hybridized carbons (Fsp3) is 0.0833. The van der Waals surface area contributed by atoms with E-state index in [1.54, 1.807) is 7.11 Å². The Morgan fingerprint density at radius 1 is 1.09 bits per heavy atom. The third kappa shape index (κ3) is 5.73. The van der Waals surface area contributed by atoms with Gasteiger partial charge in [-0.2, -0.15) is 0 Å². The summed E-state index contributed by atoms with van der Waals surface area (Å²) in [4.78, 5) is 17.4. The zero-order valence-corrected chi connectivity index (χ0v) is 20.1. The van der Waals surface area contributed by atoms with Crippen LogP contribution in [0.1, 0.15) is 11.1 Å². The number of halogens is 2. The Bertz CT molecular complexity index is 1190. The molecule has 0 spiro atoms. The summed E-state index contributed by atoms with van der Waals surface area (Å²) < 4.78 is 11.8. The Hall–Kier alpha value is -2.74. The lowest BCUT2D eigenvalue weighted by Crippen LogP contribution is -2.19. The minimum atomic E-state index is -0.179. The van der Waals surface area contributed by atoms with E-state index >= 15 is 0 Å². The number of ether oxygens (including phenoxy) is 2. The van der Waals surface area contributed by atoms with E-state index in [-0.39, 0.29) is 5.91 Å². The van der Waals surface area contributed by atoms with Crippen molar-refractivity contribution in [3.8, 4) is 11.5 Å². The Morgan fingerprint density at radius 3 is 2.53 bits per heavy atom. The van der Waals surface area contributed by atoms with Gasteiger partial charge in [-0.15, -0.1) is 0 Å². The monoisotopic (exact) mass is 528 g/mol. The average Bonchev–Trinajstić information content (AvgIpc) is 3.13. The van der Waals surface area contributed by atoms with Crippen LogP contribution in [-0.4, -0.2) is 18.2 Å². The fourth-order valence-electron chi connectivity index (χ4n) is 2.87. The highest BCUT2D eigenvalue weighted by atomic mass is 79.9. The molecule has 3 aromatic carbocycles. The summed E-state index contributed by atoms with van der Waals surface area (Å²) in [5, 5.41) is 4.03. The van der Waals surface area contributed by atoms with Crippen LogP contribution < -0.4 is 14.8 Å². The van der Waals surface area contributed by atoms with Gasteiger partial charge in [-0.25, -0.2) is 4.99 Å². The number of benzene rings is 3. The lowest BCUT2D eigenvalue weighted by Gasteiger charge is -2.09. The molecule has 0 bridgehead atoms. The molecule has 0 radical (unpaired) electrons. The van der Waals surface area contributed by atoms with E-state index in [2.05, 4.69) is 26.2 Å². The van der Waals surface area contributed by atoms with Crippen molar-refractivity contribution in [2.24, 2.45) is 4.99 Å². The van der Waals surface area contributed by atoms with E-state index < -0.39 is 0 Å². The van der Waals surface area contributed by atoms with Crippen molar-refractivity contribution < 1.29 is 14.3 Å². The average molecular weight is 530 g/mol. The topological polar surface area (TPSA) is 59.9 Å². The van der Waals surface area contributed by atoms with Crippen molar-refractivity contribution in [2.45, 2.75) is 6.61 Å². The lowest BCUT2D eigenvalue weighted by atomic mass is 10.2. The normalized spacial score (nSPS) is 15.8. The molecule has 1 aliphatic rings. The first-order valence-corrected chi connectivity index (χ1v) is 11.6. The van der Waals surface area contributed by atoms with Gasteiger partial charge in [0, 0.05) is 5.02 Å². The molecule has 1 heterocycles. The molecule has 0 aliphatic carbocycles. The maximum absolute atomic E-state index is 12.4. The predicted octanol–water partition coefficient (Wildman–Crippen LogP) is 6.58. The van der Waals surface area contributed by atoms with Crippen LogP contribution >= 0.6 is 39.3 Å². The summed E-state index contributed by atoms with van der Waals surface area (Å²) in [7, 11) is 1.61. The highest BCUT2D eigenvalue weighted by Crippen LogP contribution is 2.32. The van der Waals surface area contributed by atoms with Crippen LogP contribution in [0.3, 0.4) is 0 Å². The third-order valence-corrected chi connectivity index (χ3v) is 6.30.